The Morgan fingerprint density at radius 3 is 2.45 bits per heavy atom. The van der Waals surface area contributed by atoms with E-state index in [-0.39, 0.29) is 21.9 Å². The van der Waals surface area contributed by atoms with Crippen LogP contribution in [-0.4, -0.2) is 67.7 Å². The monoisotopic (exact) mass is 467 g/mol. The van der Waals surface area contributed by atoms with Crippen LogP contribution in [0.1, 0.15) is 42.8 Å². The molecule has 1 aromatic heterocycles. The van der Waals surface area contributed by atoms with E-state index in [1.54, 1.807) is 37.1 Å². The van der Waals surface area contributed by atoms with Gasteiger partial charge >= 0.3 is 0 Å². The van der Waals surface area contributed by atoms with Gasteiger partial charge in [0.15, 0.2) is 0 Å². The molecule has 0 aliphatic carbocycles. The number of carbonyl (C=O) groups excluding carboxylic acids is 1. The van der Waals surface area contributed by atoms with Crippen molar-refractivity contribution in [1.82, 2.24) is 14.1 Å². The van der Waals surface area contributed by atoms with Crippen LogP contribution in [0, 0.1) is 0 Å². The fourth-order valence-corrected chi connectivity index (χ4v) is 5.90. The molecule has 0 unspecified atom stereocenters. The third-order valence-corrected chi connectivity index (χ3v) is 8.33. The highest BCUT2D eigenvalue weighted by Crippen LogP contribution is 2.28. The van der Waals surface area contributed by atoms with E-state index in [9.17, 15) is 13.2 Å². The van der Waals surface area contributed by atoms with E-state index >= 15 is 0 Å². The van der Waals surface area contributed by atoms with Crippen molar-refractivity contribution in [3.8, 4) is 0 Å². The first-order valence-electron chi connectivity index (χ1n) is 10.6. The number of amides is 1. The second kappa shape index (κ2) is 10.2. The Morgan fingerprint density at radius 2 is 1.87 bits per heavy atom. The summed E-state index contributed by atoms with van der Waals surface area (Å²) in [5.41, 5.74) is 0.306. The fraction of sp³-hybridized carbons (Fsp3) is 0.500. The maximum Gasteiger partial charge on any atom is 0.254 e. The summed E-state index contributed by atoms with van der Waals surface area (Å²) in [7, 11) is -1.72. The lowest BCUT2D eigenvalue weighted by molar-refractivity contribution is 0.0550. The van der Waals surface area contributed by atoms with E-state index in [1.807, 2.05) is 6.07 Å². The number of likely N-dealkylation sites (tertiary alicyclic amines) is 1. The summed E-state index contributed by atoms with van der Waals surface area (Å²) in [6.45, 7) is 6.33. The Bertz CT molecular complexity index is 982. The Balaban J connectivity index is 1.95. The van der Waals surface area contributed by atoms with Crippen LogP contribution in [-0.2, 0) is 16.6 Å². The fourth-order valence-electron chi connectivity index (χ4n) is 3.95. The summed E-state index contributed by atoms with van der Waals surface area (Å²) in [5.74, 6) is 0.468. The van der Waals surface area contributed by atoms with Crippen LogP contribution in [0.15, 0.2) is 45.9 Å². The zero-order valence-electron chi connectivity index (χ0n) is 18.3. The first-order chi connectivity index (χ1) is 14.8. The summed E-state index contributed by atoms with van der Waals surface area (Å²) in [5, 5.41) is 0.111. The second-order valence-electron chi connectivity index (χ2n) is 7.78. The molecule has 3 rings (SSSR count). The van der Waals surface area contributed by atoms with Crippen molar-refractivity contribution >= 4 is 27.5 Å². The molecule has 9 heteroatoms. The van der Waals surface area contributed by atoms with Gasteiger partial charge in [-0.15, -0.1) is 0 Å². The summed E-state index contributed by atoms with van der Waals surface area (Å²) in [4.78, 5) is 17.6. The van der Waals surface area contributed by atoms with Crippen molar-refractivity contribution in [2.24, 2.45) is 0 Å². The Kier molecular flexibility index (Phi) is 7.80. The minimum Gasteiger partial charge on any atom is -0.467 e. The Morgan fingerprint density at radius 1 is 1.19 bits per heavy atom. The van der Waals surface area contributed by atoms with Crippen LogP contribution >= 0.6 is 11.6 Å². The largest absolute Gasteiger partial charge is 0.467 e. The minimum absolute atomic E-state index is 0.0370. The number of sulfonamides is 1. The van der Waals surface area contributed by atoms with Gasteiger partial charge in [-0.05, 0) is 63.3 Å². The van der Waals surface area contributed by atoms with Gasteiger partial charge in [0.25, 0.3) is 5.91 Å². The van der Waals surface area contributed by atoms with Crippen molar-refractivity contribution in [1.29, 1.82) is 0 Å². The van der Waals surface area contributed by atoms with Gasteiger partial charge in [-0.25, -0.2) is 8.42 Å². The average molecular weight is 468 g/mol. The topological polar surface area (TPSA) is 74.1 Å². The van der Waals surface area contributed by atoms with Crippen LogP contribution in [0.2, 0.25) is 5.02 Å². The summed E-state index contributed by atoms with van der Waals surface area (Å²) < 4.78 is 32.9. The van der Waals surface area contributed by atoms with E-state index < -0.39 is 10.0 Å². The summed E-state index contributed by atoms with van der Waals surface area (Å²) in [6.07, 6.45) is 3.28. The van der Waals surface area contributed by atoms with Crippen molar-refractivity contribution in [2.45, 2.75) is 44.2 Å². The normalized spacial score (nSPS) is 16.0. The molecule has 7 nitrogen and oxygen atoms in total. The molecule has 31 heavy (non-hydrogen) atoms. The van der Waals surface area contributed by atoms with Gasteiger partial charge < -0.3 is 14.2 Å². The first-order valence-corrected chi connectivity index (χ1v) is 12.4. The number of rotatable bonds is 8. The number of benzene rings is 1. The molecule has 0 saturated carbocycles. The van der Waals surface area contributed by atoms with Gasteiger partial charge in [0, 0.05) is 24.7 Å². The second-order valence-corrected chi connectivity index (χ2v) is 10.1. The molecule has 0 N–H and O–H groups in total. The molecule has 170 valence electrons. The molecular weight excluding hydrogens is 438 g/mol. The van der Waals surface area contributed by atoms with Crippen LogP contribution in [0.4, 0.5) is 0 Å². The van der Waals surface area contributed by atoms with Crippen molar-refractivity contribution in [3.63, 3.8) is 0 Å². The maximum absolute atomic E-state index is 13.6. The highest BCUT2D eigenvalue weighted by molar-refractivity contribution is 7.89. The lowest BCUT2D eigenvalue weighted by Gasteiger charge is -2.37. The molecule has 0 radical (unpaired) electrons. The van der Waals surface area contributed by atoms with Crippen LogP contribution in [0.25, 0.3) is 0 Å². The predicted molar refractivity (Wildman–Crippen MR) is 121 cm³/mol. The summed E-state index contributed by atoms with van der Waals surface area (Å²) in [6, 6.07) is 8.17. The molecule has 0 bridgehead atoms. The molecule has 1 aromatic carbocycles. The number of hydrogen-bond donors (Lipinski definition) is 0. The lowest BCUT2D eigenvalue weighted by Crippen LogP contribution is -2.46. The Labute approximate surface area is 189 Å². The first kappa shape index (κ1) is 23.8. The number of nitrogens with zero attached hydrogens (tertiary/aromatic N) is 3. The molecule has 1 aliphatic rings. The van der Waals surface area contributed by atoms with E-state index in [4.69, 9.17) is 16.0 Å². The molecule has 1 fully saturated rings. The van der Waals surface area contributed by atoms with Crippen LogP contribution in [0.5, 0.6) is 0 Å². The SMILES string of the molecule is CCN(CC)S(=O)(=O)c1cc(C(=O)N(Cc2ccco2)C2CCN(C)CC2)ccc1Cl. The average Bonchev–Trinajstić information content (AvgIpc) is 3.26. The van der Waals surface area contributed by atoms with E-state index in [0.717, 1.165) is 25.9 Å². The lowest BCUT2D eigenvalue weighted by atomic mass is 10.0. The van der Waals surface area contributed by atoms with E-state index in [1.165, 1.54) is 16.4 Å². The third kappa shape index (κ3) is 5.31. The number of carbonyl (C=O) groups is 1. The van der Waals surface area contributed by atoms with E-state index in [2.05, 4.69) is 11.9 Å². The zero-order chi connectivity index (χ0) is 22.6. The molecule has 2 aromatic rings. The standard InChI is InChI=1S/C22H30ClN3O4S/c1-4-25(5-2)31(28,29)21-15-17(8-9-20(21)23)22(27)26(16-19-7-6-14-30-19)18-10-12-24(3)13-11-18/h6-9,14-15,18H,4-5,10-13,16H2,1-3H3. The molecule has 0 spiro atoms. The zero-order valence-corrected chi connectivity index (χ0v) is 19.8. The molecule has 1 amide bonds. The third-order valence-electron chi connectivity index (χ3n) is 5.80. The van der Waals surface area contributed by atoms with Gasteiger partial charge in [-0.3, -0.25) is 4.79 Å². The van der Waals surface area contributed by atoms with Crippen molar-refractivity contribution < 1.29 is 17.6 Å². The van der Waals surface area contributed by atoms with Gasteiger partial charge in [-0.1, -0.05) is 25.4 Å². The molecule has 2 heterocycles. The molecule has 1 saturated heterocycles. The highest BCUT2D eigenvalue weighted by Gasteiger charge is 2.31. The summed E-state index contributed by atoms with van der Waals surface area (Å²) >= 11 is 6.25. The quantitative estimate of drug-likeness (QED) is 0.591. The number of halogens is 1. The maximum atomic E-state index is 13.6. The van der Waals surface area contributed by atoms with Crippen molar-refractivity contribution in [3.05, 3.63) is 52.9 Å². The van der Waals surface area contributed by atoms with Crippen LogP contribution in [0.3, 0.4) is 0 Å². The minimum atomic E-state index is -3.79. The Hall–Kier alpha value is -1.87. The molecular formula is C22H30ClN3O4S. The van der Waals surface area contributed by atoms with E-state index in [0.29, 0.717) is 31.0 Å². The van der Waals surface area contributed by atoms with Gasteiger partial charge in [0.2, 0.25) is 10.0 Å². The number of hydrogen-bond acceptors (Lipinski definition) is 5. The predicted octanol–water partition coefficient (Wildman–Crippen LogP) is 3.70. The van der Waals surface area contributed by atoms with Gasteiger partial charge in [0.05, 0.1) is 17.8 Å². The highest BCUT2D eigenvalue weighted by atomic mass is 35.5. The smallest absolute Gasteiger partial charge is 0.254 e. The van der Waals surface area contributed by atoms with Gasteiger partial charge in [0.1, 0.15) is 10.7 Å². The molecule has 1 aliphatic heterocycles. The van der Waals surface area contributed by atoms with Gasteiger partial charge in [-0.2, -0.15) is 4.31 Å². The van der Waals surface area contributed by atoms with Crippen molar-refractivity contribution in [2.75, 3.05) is 33.2 Å². The number of piperidine rings is 1. The number of furan rings is 1. The van der Waals surface area contributed by atoms with Crippen LogP contribution < -0.4 is 0 Å². The molecule has 0 atom stereocenters.